The molecule has 7 heteroatoms. The standard InChI is InChI=1S/C25H32F2N4O/c1-17-14-18(25(2,23-6-5-11-28-23)31-12-3-4-13-31)7-10-22(17)30-24(32)16-29-19-8-9-20(26)21(27)15-19/h7-10,14-15,23,28-29H,3-6,11-13,16H2,1-2H3,(H,30,32). The quantitative estimate of drug-likeness (QED) is 0.596. The van der Waals surface area contributed by atoms with Crippen molar-refractivity contribution in [2.45, 2.75) is 51.1 Å². The highest BCUT2D eigenvalue weighted by molar-refractivity contribution is 5.94. The zero-order valence-electron chi connectivity index (χ0n) is 18.8. The summed E-state index contributed by atoms with van der Waals surface area (Å²) in [6, 6.07) is 10.2. The molecule has 2 unspecified atom stereocenters. The van der Waals surface area contributed by atoms with E-state index in [0.29, 0.717) is 11.7 Å². The minimum Gasteiger partial charge on any atom is -0.376 e. The van der Waals surface area contributed by atoms with Gasteiger partial charge in [0.25, 0.3) is 0 Å². The second kappa shape index (κ2) is 9.55. The predicted octanol–water partition coefficient (Wildman–Crippen LogP) is 4.39. The summed E-state index contributed by atoms with van der Waals surface area (Å²) in [6.45, 7) is 7.61. The number of hydrogen-bond acceptors (Lipinski definition) is 4. The first-order valence-electron chi connectivity index (χ1n) is 11.5. The van der Waals surface area contributed by atoms with Gasteiger partial charge in [0.2, 0.25) is 5.91 Å². The molecule has 2 fully saturated rings. The van der Waals surface area contributed by atoms with Gasteiger partial charge in [0, 0.05) is 23.5 Å². The van der Waals surface area contributed by atoms with Gasteiger partial charge in [-0.05, 0) is 88.5 Å². The molecule has 2 aromatic carbocycles. The van der Waals surface area contributed by atoms with Crippen LogP contribution in [0.2, 0.25) is 0 Å². The molecule has 0 radical (unpaired) electrons. The van der Waals surface area contributed by atoms with E-state index in [0.717, 1.165) is 43.0 Å². The first-order chi connectivity index (χ1) is 15.4. The third-order valence-corrected chi connectivity index (χ3v) is 6.96. The number of carbonyl (C=O) groups is 1. The summed E-state index contributed by atoms with van der Waals surface area (Å²) in [7, 11) is 0. The fraction of sp³-hybridized carbons (Fsp3) is 0.480. The Hall–Kier alpha value is -2.51. The van der Waals surface area contributed by atoms with Gasteiger partial charge in [-0.3, -0.25) is 9.69 Å². The largest absolute Gasteiger partial charge is 0.376 e. The lowest BCUT2D eigenvalue weighted by molar-refractivity contribution is -0.114. The molecule has 3 N–H and O–H groups in total. The molecule has 2 saturated heterocycles. The first kappa shape index (κ1) is 22.7. The number of hydrogen-bond donors (Lipinski definition) is 3. The van der Waals surface area contributed by atoms with Gasteiger partial charge < -0.3 is 16.0 Å². The molecule has 0 bridgehead atoms. The minimum atomic E-state index is -0.945. The maximum absolute atomic E-state index is 13.3. The predicted molar refractivity (Wildman–Crippen MR) is 124 cm³/mol. The number of amides is 1. The molecule has 172 valence electrons. The van der Waals surface area contributed by atoms with E-state index in [2.05, 4.69) is 39.9 Å². The van der Waals surface area contributed by atoms with Crippen molar-refractivity contribution in [1.82, 2.24) is 10.2 Å². The van der Waals surface area contributed by atoms with Crippen LogP contribution in [0.1, 0.15) is 43.7 Å². The highest BCUT2D eigenvalue weighted by Gasteiger charge is 2.43. The van der Waals surface area contributed by atoms with Gasteiger partial charge in [0.05, 0.1) is 12.1 Å². The molecular weight excluding hydrogens is 410 g/mol. The summed E-state index contributed by atoms with van der Waals surface area (Å²) in [5, 5.41) is 9.46. The average Bonchev–Trinajstić information content (AvgIpc) is 3.50. The smallest absolute Gasteiger partial charge is 0.243 e. The van der Waals surface area contributed by atoms with Gasteiger partial charge in [-0.15, -0.1) is 0 Å². The van der Waals surface area contributed by atoms with Crippen LogP contribution in [0.5, 0.6) is 0 Å². The first-order valence-corrected chi connectivity index (χ1v) is 11.5. The summed E-state index contributed by atoms with van der Waals surface area (Å²) in [5.41, 5.74) is 3.32. The SMILES string of the molecule is Cc1cc(C(C)(C2CCCN2)N2CCCC2)ccc1NC(=O)CNc1ccc(F)c(F)c1. The van der Waals surface area contributed by atoms with E-state index >= 15 is 0 Å². The van der Waals surface area contributed by atoms with Crippen molar-refractivity contribution in [2.24, 2.45) is 0 Å². The van der Waals surface area contributed by atoms with Crippen LogP contribution in [0, 0.1) is 18.6 Å². The van der Waals surface area contributed by atoms with E-state index in [-0.39, 0.29) is 18.0 Å². The van der Waals surface area contributed by atoms with Crippen molar-refractivity contribution in [3.8, 4) is 0 Å². The van der Waals surface area contributed by atoms with Gasteiger partial charge in [-0.1, -0.05) is 12.1 Å². The van der Waals surface area contributed by atoms with E-state index in [9.17, 15) is 13.6 Å². The molecule has 4 rings (SSSR count). The van der Waals surface area contributed by atoms with Crippen LogP contribution in [0.15, 0.2) is 36.4 Å². The molecule has 2 aromatic rings. The van der Waals surface area contributed by atoms with Gasteiger partial charge in [-0.2, -0.15) is 0 Å². The zero-order chi connectivity index (χ0) is 22.7. The minimum absolute atomic E-state index is 0.0379. The number of benzene rings is 2. The van der Waals surface area contributed by atoms with Crippen molar-refractivity contribution < 1.29 is 13.6 Å². The molecule has 2 aliphatic rings. The normalized spacial score (nSPS) is 20.8. The molecule has 1 amide bonds. The molecule has 2 heterocycles. The summed E-state index contributed by atoms with van der Waals surface area (Å²) in [6.07, 6.45) is 4.84. The van der Waals surface area contributed by atoms with Crippen molar-refractivity contribution in [3.05, 3.63) is 59.2 Å². The number of rotatable bonds is 7. The Kier molecular flexibility index (Phi) is 6.76. The molecule has 0 aromatic heterocycles. The maximum atomic E-state index is 13.3. The second-order valence-corrected chi connectivity index (χ2v) is 9.05. The summed E-state index contributed by atoms with van der Waals surface area (Å²) >= 11 is 0. The van der Waals surface area contributed by atoms with Crippen LogP contribution in [0.3, 0.4) is 0 Å². The number of anilines is 2. The summed E-state index contributed by atoms with van der Waals surface area (Å²) in [5.74, 6) is -2.10. The number of aryl methyl sites for hydroxylation is 1. The Bertz CT molecular complexity index is 952. The maximum Gasteiger partial charge on any atom is 0.243 e. The van der Waals surface area contributed by atoms with Gasteiger partial charge in [0.1, 0.15) is 0 Å². The number of likely N-dealkylation sites (tertiary alicyclic amines) is 1. The Labute approximate surface area is 188 Å². The fourth-order valence-corrected chi connectivity index (χ4v) is 5.05. The van der Waals surface area contributed by atoms with Gasteiger partial charge in [-0.25, -0.2) is 8.78 Å². The van der Waals surface area contributed by atoms with E-state index in [1.54, 1.807) is 0 Å². The second-order valence-electron chi connectivity index (χ2n) is 9.05. The van der Waals surface area contributed by atoms with Crippen molar-refractivity contribution in [2.75, 3.05) is 36.8 Å². The summed E-state index contributed by atoms with van der Waals surface area (Å²) < 4.78 is 26.4. The Morgan fingerprint density at radius 2 is 1.91 bits per heavy atom. The number of halogens is 2. The topological polar surface area (TPSA) is 56.4 Å². The third kappa shape index (κ3) is 4.64. The van der Waals surface area contributed by atoms with Crippen LogP contribution >= 0.6 is 0 Å². The van der Waals surface area contributed by atoms with Gasteiger partial charge in [0.15, 0.2) is 11.6 Å². The molecule has 2 aliphatic heterocycles. The van der Waals surface area contributed by atoms with E-state index in [4.69, 9.17) is 0 Å². The Morgan fingerprint density at radius 3 is 2.56 bits per heavy atom. The lowest BCUT2D eigenvalue weighted by atomic mass is 9.81. The molecule has 2 atom stereocenters. The molecular formula is C25H32F2N4O. The molecule has 32 heavy (non-hydrogen) atoms. The number of carbonyl (C=O) groups excluding carboxylic acids is 1. The Balaban J connectivity index is 1.45. The van der Waals surface area contributed by atoms with Crippen molar-refractivity contribution in [3.63, 3.8) is 0 Å². The van der Waals surface area contributed by atoms with Crippen LogP contribution in [-0.2, 0) is 10.3 Å². The van der Waals surface area contributed by atoms with E-state index in [1.165, 1.54) is 37.3 Å². The molecule has 0 spiro atoms. The third-order valence-electron chi connectivity index (χ3n) is 6.96. The van der Waals surface area contributed by atoms with E-state index < -0.39 is 11.6 Å². The van der Waals surface area contributed by atoms with Crippen LogP contribution in [0.25, 0.3) is 0 Å². The number of nitrogens with zero attached hydrogens (tertiary/aromatic N) is 1. The zero-order valence-corrected chi connectivity index (χ0v) is 18.8. The highest BCUT2D eigenvalue weighted by Crippen LogP contribution is 2.39. The number of nitrogens with one attached hydrogen (secondary N) is 3. The van der Waals surface area contributed by atoms with E-state index in [1.807, 2.05) is 13.0 Å². The monoisotopic (exact) mass is 442 g/mol. The molecule has 5 nitrogen and oxygen atoms in total. The van der Waals surface area contributed by atoms with Gasteiger partial charge >= 0.3 is 0 Å². The van der Waals surface area contributed by atoms with Crippen LogP contribution < -0.4 is 16.0 Å². The molecule has 0 aliphatic carbocycles. The molecule has 0 saturated carbocycles. The van der Waals surface area contributed by atoms with Crippen LogP contribution in [-0.4, -0.2) is 43.0 Å². The lowest BCUT2D eigenvalue weighted by Gasteiger charge is -2.44. The Morgan fingerprint density at radius 1 is 1.12 bits per heavy atom. The van der Waals surface area contributed by atoms with Crippen molar-refractivity contribution in [1.29, 1.82) is 0 Å². The summed E-state index contributed by atoms with van der Waals surface area (Å²) in [4.78, 5) is 15.0. The van der Waals surface area contributed by atoms with Crippen molar-refractivity contribution >= 4 is 17.3 Å². The highest BCUT2D eigenvalue weighted by atomic mass is 19.2. The van der Waals surface area contributed by atoms with Crippen LogP contribution in [0.4, 0.5) is 20.2 Å². The average molecular weight is 443 g/mol. The fourth-order valence-electron chi connectivity index (χ4n) is 5.05. The lowest BCUT2D eigenvalue weighted by Crippen LogP contribution is -2.54.